The number of hydrogen-bond acceptors (Lipinski definition) is 4. The van der Waals surface area contributed by atoms with Crippen LogP contribution in [-0.2, 0) is 17.7 Å². The number of halogens is 1. The predicted molar refractivity (Wildman–Crippen MR) is 122 cm³/mol. The van der Waals surface area contributed by atoms with Gasteiger partial charge in [0.2, 0.25) is 0 Å². The smallest absolute Gasteiger partial charge is 0.355 e. The van der Waals surface area contributed by atoms with Crippen molar-refractivity contribution in [3.8, 4) is 5.75 Å². The van der Waals surface area contributed by atoms with Crippen LogP contribution < -0.4 is 4.74 Å². The first-order chi connectivity index (χ1) is 14.9. The summed E-state index contributed by atoms with van der Waals surface area (Å²) in [5, 5.41) is 1.65. The topological polar surface area (TPSA) is 57.5 Å². The number of ketones is 1. The van der Waals surface area contributed by atoms with Crippen LogP contribution in [0.3, 0.4) is 0 Å². The SMILES string of the molecule is CCOC(=O)c1c2c3c(cccc3n1CCCOc1cc(C)c(Cl)c(C)c1)C(=O)CC2. The molecule has 0 fully saturated rings. The fourth-order valence-corrected chi connectivity index (χ4v) is 4.51. The van der Waals surface area contributed by atoms with Gasteiger partial charge in [-0.05, 0) is 68.5 Å². The van der Waals surface area contributed by atoms with Crippen molar-refractivity contribution in [2.75, 3.05) is 13.2 Å². The molecule has 0 amide bonds. The maximum absolute atomic E-state index is 12.8. The monoisotopic (exact) mass is 439 g/mol. The first-order valence-corrected chi connectivity index (χ1v) is 11.0. The van der Waals surface area contributed by atoms with Gasteiger partial charge in [0.25, 0.3) is 0 Å². The molecule has 162 valence electrons. The van der Waals surface area contributed by atoms with Gasteiger partial charge in [-0.3, -0.25) is 4.79 Å². The van der Waals surface area contributed by atoms with Crippen LogP contribution in [0.1, 0.15) is 57.3 Å². The average Bonchev–Trinajstić information content (AvgIpc) is 3.07. The van der Waals surface area contributed by atoms with Gasteiger partial charge in [-0.15, -0.1) is 0 Å². The predicted octanol–water partition coefficient (Wildman–Crippen LogP) is 5.69. The summed E-state index contributed by atoms with van der Waals surface area (Å²) in [5.41, 5.74) is 5.06. The number of carbonyl (C=O) groups excluding carboxylic acids is 2. The number of hydrogen-bond donors (Lipinski definition) is 0. The Bertz CT molecular complexity index is 1150. The van der Waals surface area contributed by atoms with Gasteiger partial charge in [-0.1, -0.05) is 23.7 Å². The standard InChI is InChI=1S/C25H26ClNO4/c1-4-30-25(29)24-19-9-10-21(28)18-7-5-8-20(22(18)19)27(24)11-6-12-31-17-13-15(2)23(26)16(3)14-17/h5,7-8,13-14H,4,6,9-12H2,1-3H3. The van der Waals surface area contributed by atoms with E-state index in [1.807, 2.05) is 48.7 Å². The average molecular weight is 440 g/mol. The Morgan fingerprint density at radius 3 is 2.61 bits per heavy atom. The Morgan fingerprint density at radius 2 is 1.90 bits per heavy atom. The van der Waals surface area contributed by atoms with Crippen molar-refractivity contribution in [1.29, 1.82) is 0 Å². The Labute approximate surface area is 186 Å². The maximum Gasteiger partial charge on any atom is 0.355 e. The van der Waals surface area contributed by atoms with Crippen LogP contribution in [0, 0.1) is 13.8 Å². The molecule has 0 bridgehead atoms. The number of ether oxygens (including phenoxy) is 2. The quantitative estimate of drug-likeness (QED) is 0.350. The zero-order valence-electron chi connectivity index (χ0n) is 18.1. The minimum atomic E-state index is -0.334. The summed E-state index contributed by atoms with van der Waals surface area (Å²) in [6.07, 6.45) is 1.68. The van der Waals surface area contributed by atoms with Crippen molar-refractivity contribution in [2.45, 2.75) is 46.6 Å². The van der Waals surface area contributed by atoms with Crippen molar-refractivity contribution in [3.05, 3.63) is 63.3 Å². The molecular formula is C25H26ClNO4. The van der Waals surface area contributed by atoms with E-state index in [0.717, 1.165) is 38.4 Å². The summed E-state index contributed by atoms with van der Waals surface area (Å²) in [7, 11) is 0. The number of esters is 1. The molecule has 1 aliphatic rings. The lowest BCUT2D eigenvalue weighted by molar-refractivity contribution is 0.0512. The van der Waals surface area contributed by atoms with Crippen LogP contribution in [-0.4, -0.2) is 29.5 Å². The van der Waals surface area contributed by atoms with Gasteiger partial charge in [0.15, 0.2) is 5.78 Å². The van der Waals surface area contributed by atoms with Crippen molar-refractivity contribution in [3.63, 3.8) is 0 Å². The van der Waals surface area contributed by atoms with Gasteiger partial charge >= 0.3 is 5.97 Å². The van der Waals surface area contributed by atoms with E-state index in [2.05, 4.69) is 0 Å². The molecule has 0 aliphatic heterocycles. The van der Waals surface area contributed by atoms with Gasteiger partial charge in [-0.2, -0.15) is 0 Å². The van der Waals surface area contributed by atoms with Crippen molar-refractivity contribution in [1.82, 2.24) is 4.57 Å². The summed E-state index contributed by atoms with van der Waals surface area (Å²) in [4.78, 5) is 25.3. The number of aromatic nitrogens is 1. The first-order valence-electron chi connectivity index (χ1n) is 10.7. The van der Waals surface area contributed by atoms with Crippen LogP contribution in [0.4, 0.5) is 0 Å². The summed E-state index contributed by atoms with van der Waals surface area (Å²) in [6.45, 7) is 7.12. The Hall–Kier alpha value is -2.79. The van der Waals surface area contributed by atoms with Gasteiger partial charge in [0.1, 0.15) is 11.4 Å². The molecule has 0 saturated carbocycles. The molecule has 4 rings (SSSR count). The Morgan fingerprint density at radius 1 is 1.16 bits per heavy atom. The molecule has 1 heterocycles. The number of benzene rings is 2. The zero-order chi connectivity index (χ0) is 22.1. The van der Waals surface area contributed by atoms with Crippen molar-refractivity contribution < 1.29 is 19.1 Å². The third-order valence-electron chi connectivity index (χ3n) is 5.77. The molecule has 3 aromatic rings. The van der Waals surface area contributed by atoms with Crippen LogP contribution in [0.25, 0.3) is 10.9 Å². The third kappa shape index (κ3) is 3.94. The number of carbonyl (C=O) groups is 2. The lowest BCUT2D eigenvalue weighted by atomic mass is 9.90. The van der Waals surface area contributed by atoms with E-state index in [1.165, 1.54) is 0 Å². The largest absolute Gasteiger partial charge is 0.494 e. The molecule has 0 saturated heterocycles. The highest BCUT2D eigenvalue weighted by Gasteiger charge is 2.29. The molecule has 1 aliphatic carbocycles. The highest BCUT2D eigenvalue weighted by molar-refractivity contribution is 6.32. The second kappa shape index (κ2) is 8.75. The molecule has 0 spiro atoms. The van der Waals surface area contributed by atoms with Gasteiger partial charge in [-0.25, -0.2) is 4.79 Å². The fraction of sp³-hybridized carbons (Fsp3) is 0.360. The van der Waals surface area contributed by atoms with Gasteiger partial charge in [0.05, 0.1) is 13.2 Å². The minimum absolute atomic E-state index is 0.127. The van der Waals surface area contributed by atoms with E-state index in [4.69, 9.17) is 21.1 Å². The van der Waals surface area contributed by atoms with Crippen molar-refractivity contribution in [2.24, 2.45) is 0 Å². The first kappa shape index (κ1) is 21.4. The normalized spacial score (nSPS) is 13.0. The molecular weight excluding hydrogens is 414 g/mol. The number of rotatable bonds is 7. The van der Waals surface area contributed by atoms with E-state index in [-0.39, 0.29) is 11.8 Å². The van der Waals surface area contributed by atoms with Crippen LogP contribution in [0.15, 0.2) is 30.3 Å². The fourth-order valence-electron chi connectivity index (χ4n) is 4.40. The number of nitrogens with zero attached hydrogens (tertiary/aromatic N) is 1. The third-order valence-corrected chi connectivity index (χ3v) is 6.36. The molecule has 6 heteroatoms. The van der Waals surface area contributed by atoms with Gasteiger partial charge < -0.3 is 14.0 Å². The van der Waals surface area contributed by atoms with Crippen LogP contribution in [0.5, 0.6) is 5.75 Å². The second-order valence-corrected chi connectivity index (χ2v) is 8.27. The zero-order valence-corrected chi connectivity index (χ0v) is 18.8. The Balaban J connectivity index is 1.61. The van der Waals surface area contributed by atoms with E-state index >= 15 is 0 Å². The molecule has 0 radical (unpaired) electrons. The van der Waals surface area contributed by atoms with Gasteiger partial charge in [0, 0.05) is 34.5 Å². The second-order valence-electron chi connectivity index (χ2n) is 7.90. The van der Waals surface area contributed by atoms with E-state index < -0.39 is 0 Å². The lowest BCUT2D eigenvalue weighted by Gasteiger charge is -2.13. The molecule has 1 aromatic heterocycles. The molecule has 5 nitrogen and oxygen atoms in total. The summed E-state index contributed by atoms with van der Waals surface area (Å²) in [6, 6.07) is 9.56. The number of Topliss-reactive ketones (excluding diaryl/α,β-unsaturated/α-hetero) is 1. The highest BCUT2D eigenvalue weighted by atomic mass is 35.5. The van der Waals surface area contributed by atoms with Crippen LogP contribution >= 0.6 is 11.6 Å². The molecule has 0 unspecified atom stereocenters. The number of aryl methyl sites for hydroxylation is 4. The molecule has 2 aromatic carbocycles. The van der Waals surface area contributed by atoms with Crippen LogP contribution in [0.2, 0.25) is 5.02 Å². The summed E-state index contributed by atoms with van der Waals surface area (Å²) < 4.78 is 13.3. The molecule has 0 N–H and O–H groups in total. The van der Waals surface area contributed by atoms with Crippen molar-refractivity contribution >= 4 is 34.3 Å². The van der Waals surface area contributed by atoms with E-state index in [1.54, 1.807) is 6.92 Å². The van der Waals surface area contributed by atoms with E-state index in [9.17, 15) is 9.59 Å². The summed E-state index contributed by atoms with van der Waals surface area (Å²) >= 11 is 6.24. The highest BCUT2D eigenvalue weighted by Crippen LogP contribution is 2.35. The summed E-state index contributed by atoms with van der Waals surface area (Å²) in [5.74, 6) is 0.579. The van der Waals surface area contributed by atoms with E-state index in [0.29, 0.717) is 50.3 Å². The Kier molecular flexibility index (Phi) is 6.05. The molecule has 31 heavy (non-hydrogen) atoms. The maximum atomic E-state index is 12.8. The minimum Gasteiger partial charge on any atom is -0.494 e. The molecule has 0 atom stereocenters. The lowest BCUT2D eigenvalue weighted by Crippen LogP contribution is -2.16.